The van der Waals surface area contributed by atoms with E-state index in [0.29, 0.717) is 5.75 Å². The molecule has 60 valence electrons. The Morgan fingerprint density at radius 1 is 1.73 bits per heavy atom. The molecule has 2 rings (SSSR count). The Balaban J connectivity index is 2.28. The van der Waals surface area contributed by atoms with E-state index in [1.54, 1.807) is 0 Å². The quantitative estimate of drug-likeness (QED) is 0.425. The SMILES string of the molecule is NC1=NN2C(=O)CSC2N1N. The van der Waals surface area contributed by atoms with Crippen LogP contribution in [0.3, 0.4) is 0 Å². The molecule has 1 saturated heterocycles. The summed E-state index contributed by atoms with van der Waals surface area (Å²) in [6, 6.07) is 0. The molecule has 0 aromatic heterocycles. The number of fused-ring (bicyclic) bond motifs is 1. The first-order valence-corrected chi connectivity index (χ1v) is 4.06. The van der Waals surface area contributed by atoms with Crippen molar-refractivity contribution in [3.05, 3.63) is 0 Å². The van der Waals surface area contributed by atoms with Gasteiger partial charge in [-0.05, 0) is 0 Å². The third kappa shape index (κ3) is 0.778. The van der Waals surface area contributed by atoms with Crippen molar-refractivity contribution in [3.8, 4) is 0 Å². The number of nitrogens with two attached hydrogens (primary N) is 2. The Hall–Kier alpha value is -0.950. The first-order valence-electron chi connectivity index (χ1n) is 3.02. The zero-order valence-electron chi connectivity index (χ0n) is 5.60. The molecular formula is C4H7N5OS. The fourth-order valence-corrected chi connectivity index (χ4v) is 1.98. The number of rotatable bonds is 0. The molecule has 11 heavy (non-hydrogen) atoms. The highest BCUT2D eigenvalue weighted by Gasteiger charge is 2.41. The number of hydrogen-bond acceptors (Lipinski definition) is 6. The number of carbonyl (C=O) groups is 1. The van der Waals surface area contributed by atoms with Gasteiger partial charge in [-0.25, -0.2) is 10.9 Å². The van der Waals surface area contributed by atoms with Crippen molar-refractivity contribution in [2.75, 3.05) is 5.75 Å². The van der Waals surface area contributed by atoms with Crippen LogP contribution in [0.4, 0.5) is 0 Å². The molecule has 1 unspecified atom stereocenters. The normalized spacial score (nSPS) is 29.4. The molecule has 2 heterocycles. The highest BCUT2D eigenvalue weighted by atomic mass is 32.2. The lowest BCUT2D eigenvalue weighted by Crippen LogP contribution is -2.45. The third-order valence-electron chi connectivity index (χ3n) is 1.53. The molecule has 0 bridgehead atoms. The van der Waals surface area contributed by atoms with Gasteiger partial charge in [0, 0.05) is 0 Å². The standard InChI is InChI=1S/C4H7N5OS/c5-3-7-9-2(10)1-11-4(9)8(3)6/h4H,1,6H2,(H2,5,7). The van der Waals surface area contributed by atoms with E-state index in [0.717, 1.165) is 0 Å². The molecule has 0 aromatic carbocycles. The Labute approximate surface area is 67.1 Å². The van der Waals surface area contributed by atoms with E-state index in [4.69, 9.17) is 11.6 Å². The predicted molar refractivity (Wildman–Crippen MR) is 40.7 cm³/mol. The topological polar surface area (TPSA) is 88.0 Å². The Kier molecular flexibility index (Phi) is 1.24. The molecule has 0 aliphatic carbocycles. The maximum absolute atomic E-state index is 11.0. The molecule has 2 aliphatic heterocycles. The van der Waals surface area contributed by atoms with Crippen molar-refractivity contribution in [3.63, 3.8) is 0 Å². The van der Waals surface area contributed by atoms with Gasteiger partial charge in [-0.2, -0.15) is 5.01 Å². The van der Waals surface area contributed by atoms with E-state index in [-0.39, 0.29) is 17.4 Å². The average molecular weight is 173 g/mol. The Bertz CT molecular complexity index is 241. The molecule has 0 radical (unpaired) electrons. The molecule has 1 amide bonds. The Morgan fingerprint density at radius 2 is 2.45 bits per heavy atom. The van der Waals surface area contributed by atoms with Gasteiger partial charge in [0.1, 0.15) is 0 Å². The zero-order valence-corrected chi connectivity index (χ0v) is 6.41. The second-order valence-corrected chi connectivity index (χ2v) is 3.28. The predicted octanol–water partition coefficient (Wildman–Crippen LogP) is -1.74. The second kappa shape index (κ2) is 2.02. The summed E-state index contributed by atoms with van der Waals surface area (Å²) < 4.78 is 0. The number of hydrazone groups is 1. The number of thioether (sulfide) groups is 1. The molecule has 1 fully saturated rings. The van der Waals surface area contributed by atoms with Gasteiger partial charge < -0.3 is 5.73 Å². The van der Waals surface area contributed by atoms with Crippen LogP contribution < -0.4 is 11.6 Å². The summed E-state index contributed by atoms with van der Waals surface area (Å²) in [6.45, 7) is 0. The molecule has 0 spiro atoms. The van der Waals surface area contributed by atoms with Gasteiger partial charge in [0.25, 0.3) is 5.91 Å². The van der Waals surface area contributed by atoms with Gasteiger partial charge in [0.15, 0.2) is 5.50 Å². The van der Waals surface area contributed by atoms with E-state index in [1.807, 2.05) is 0 Å². The third-order valence-corrected chi connectivity index (χ3v) is 2.67. The monoisotopic (exact) mass is 173 g/mol. The average Bonchev–Trinajstić information content (AvgIpc) is 2.43. The number of amides is 1. The number of guanidine groups is 1. The van der Waals surface area contributed by atoms with Crippen molar-refractivity contribution in [2.45, 2.75) is 5.50 Å². The molecule has 0 saturated carbocycles. The van der Waals surface area contributed by atoms with Crippen molar-refractivity contribution in [1.82, 2.24) is 10.0 Å². The van der Waals surface area contributed by atoms with Crippen molar-refractivity contribution in [1.29, 1.82) is 0 Å². The van der Waals surface area contributed by atoms with Crippen LogP contribution >= 0.6 is 11.8 Å². The molecular weight excluding hydrogens is 166 g/mol. The summed E-state index contributed by atoms with van der Waals surface area (Å²) in [5.74, 6) is 6.06. The fraction of sp³-hybridized carbons (Fsp3) is 0.500. The largest absolute Gasteiger partial charge is 0.367 e. The second-order valence-electron chi connectivity index (χ2n) is 2.24. The summed E-state index contributed by atoms with van der Waals surface area (Å²) in [5.41, 5.74) is 5.15. The number of hydrazine groups is 1. The van der Waals surface area contributed by atoms with Crippen LogP contribution in [-0.2, 0) is 4.79 Å². The lowest BCUT2D eigenvalue weighted by atomic mass is 10.7. The minimum Gasteiger partial charge on any atom is -0.367 e. The van der Waals surface area contributed by atoms with Crippen LogP contribution in [0, 0.1) is 0 Å². The Morgan fingerprint density at radius 3 is 3.09 bits per heavy atom. The van der Waals surface area contributed by atoms with Gasteiger partial charge in [-0.3, -0.25) is 4.79 Å². The van der Waals surface area contributed by atoms with E-state index in [1.165, 1.54) is 21.8 Å². The van der Waals surface area contributed by atoms with E-state index in [9.17, 15) is 4.79 Å². The van der Waals surface area contributed by atoms with Gasteiger partial charge in [-0.1, -0.05) is 0 Å². The van der Waals surface area contributed by atoms with Gasteiger partial charge in [-0.15, -0.1) is 16.9 Å². The summed E-state index contributed by atoms with van der Waals surface area (Å²) in [5, 5.41) is 6.36. The van der Waals surface area contributed by atoms with Gasteiger partial charge in [0.05, 0.1) is 5.75 Å². The first-order chi connectivity index (χ1) is 5.20. The van der Waals surface area contributed by atoms with E-state index < -0.39 is 0 Å². The summed E-state index contributed by atoms with van der Waals surface area (Å²) in [4.78, 5) is 11.0. The van der Waals surface area contributed by atoms with Crippen molar-refractivity contribution >= 4 is 23.6 Å². The molecule has 7 heteroatoms. The van der Waals surface area contributed by atoms with Crippen molar-refractivity contribution < 1.29 is 4.79 Å². The molecule has 1 atom stereocenters. The van der Waals surface area contributed by atoms with Crippen LogP contribution in [-0.4, -0.2) is 33.1 Å². The lowest BCUT2D eigenvalue weighted by molar-refractivity contribution is -0.128. The maximum Gasteiger partial charge on any atom is 0.255 e. The van der Waals surface area contributed by atoms with Crippen LogP contribution in [0.5, 0.6) is 0 Å². The molecule has 6 nitrogen and oxygen atoms in total. The fourth-order valence-electron chi connectivity index (χ4n) is 0.984. The first kappa shape index (κ1) is 6.74. The minimum absolute atomic E-state index is 0.0455. The van der Waals surface area contributed by atoms with Crippen LogP contribution in [0.25, 0.3) is 0 Å². The zero-order chi connectivity index (χ0) is 8.01. The van der Waals surface area contributed by atoms with E-state index in [2.05, 4.69) is 5.10 Å². The minimum atomic E-state index is -0.220. The smallest absolute Gasteiger partial charge is 0.255 e. The van der Waals surface area contributed by atoms with E-state index >= 15 is 0 Å². The highest BCUT2D eigenvalue weighted by molar-refractivity contribution is 8.00. The van der Waals surface area contributed by atoms with Gasteiger partial charge >= 0.3 is 0 Å². The summed E-state index contributed by atoms with van der Waals surface area (Å²) in [6.07, 6.45) is 0. The maximum atomic E-state index is 11.0. The van der Waals surface area contributed by atoms with Gasteiger partial charge in [0.2, 0.25) is 5.96 Å². The number of nitrogens with zero attached hydrogens (tertiary/aromatic N) is 3. The van der Waals surface area contributed by atoms with Crippen LogP contribution in [0.1, 0.15) is 0 Å². The van der Waals surface area contributed by atoms with Crippen LogP contribution in [0.15, 0.2) is 5.10 Å². The number of carbonyl (C=O) groups excluding carboxylic acids is 1. The summed E-state index contributed by atoms with van der Waals surface area (Å²) >= 11 is 1.42. The highest BCUT2D eigenvalue weighted by Crippen LogP contribution is 2.29. The molecule has 2 aliphatic rings. The van der Waals surface area contributed by atoms with Crippen LogP contribution in [0.2, 0.25) is 0 Å². The molecule has 0 aromatic rings. The van der Waals surface area contributed by atoms with Crippen molar-refractivity contribution in [2.24, 2.45) is 16.7 Å². The number of hydrogen-bond donors (Lipinski definition) is 2. The molecule has 4 N–H and O–H groups in total. The lowest BCUT2D eigenvalue weighted by Gasteiger charge is -2.17. The summed E-state index contributed by atoms with van der Waals surface area (Å²) in [7, 11) is 0.